The Balaban J connectivity index is 1.83. The van der Waals surface area contributed by atoms with Crippen LogP contribution in [-0.4, -0.2) is 19.7 Å². The van der Waals surface area contributed by atoms with Crippen molar-refractivity contribution in [1.82, 2.24) is 5.32 Å². The standard InChI is InChI=1S/C17H24N2O/c1-20-16-8-5-6-14(12-16)10-11-19-17-9-4-2-3-7-15(17)13-18/h5-6,8,12,15,17,19H,2-4,7,9-11H2,1H3. The highest BCUT2D eigenvalue weighted by Gasteiger charge is 2.22. The molecular weight excluding hydrogens is 248 g/mol. The van der Waals surface area contributed by atoms with Crippen LogP contribution in [0, 0.1) is 17.2 Å². The number of methoxy groups -OCH3 is 1. The zero-order valence-electron chi connectivity index (χ0n) is 12.3. The van der Waals surface area contributed by atoms with E-state index in [9.17, 15) is 5.26 Å². The van der Waals surface area contributed by atoms with Crippen LogP contribution in [0.3, 0.4) is 0 Å². The summed E-state index contributed by atoms with van der Waals surface area (Å²) in [5.74, 6) is 1.09. The van der Waals surface area contributed by atoms with Crippen molar-refractivity contribution in [1.29, 1.82) is 5.26 Å². The maximum atomic E-state index is 9.26. The third-order valence-corrected chi connectivity index (χ3v) is 4.14. The van der Waals surface area contributed by atoms with E-state index in [1.165, 1.54) is 24.8 Å². The molecule has 108 valence electrons. The summed E-state index contributed by atoms with van der Waals surface area (Å²) >= 11 is 0. The zero-order chi connectivity index (χ0) is 14.2. The summed E-state index contributed by atoms with van der Waals surface area (Å²) in [6, 6.07) is 11.0. The SMILES string of the molecule is COc1cccc(CCNC2CCCCCC2C#N)c1. The molecule has 1 aromatic rings. The van der Waals surface area contributed by atoms with E-state index in [1.807, 2.05) is 12.1 Å². The summed E-state index contributed by atoms with van der Waals surface area (Å²) in [7, 11) is 1.69. The molecule has 3 heteroatoms. The second kappa shape index (κ2) is 7.91. The molecule has 1 saturated carbocycles. The van der Waals surface area contributed by atoms with Crippen LogP contribution in [-0.2, 0) is 6.42 Å². The van der Waals surface area contributed by atoms with Gasteiger partial charge in [0.1, 0.15) is 5.75 Å². The number of nitriles is 1. The molecule has 0 heterocycles. The van der Waals surface area contributed by atoms with Crippen molar-refractivity contribution in [3.8, 4) is 11.8 Å². The Morgan fingerprint density at radius 2 is 2.15 bits per heavy atom. The molecular formula is C17H24N2O. The average molecular weight is 272 g/mol. The van der Waals surface area contributed by atoms with Crippen LogP contribution in [0.4, 0.5) is 0 Å². The summed E-state index contributed by atoms with van der Waals surface area (Å²) in [6.07, 6.45) is 6.88. The van der Waals surface area contributed by atoms with E-state index in [2.05, 4.69) is 23.5 Å². The fourth-order valence-corrected chi connectivity index (χ4v) is 2.94. The topological polar surface area (TPSA) is 45.0 Å². The minimum absolute atomic E-state index is 0.183. The largest absolute Gasteiger partial charge is 0.497 e. The Morgan fingerprint density at radius 1 is 1.30 bits per heavy atom. The molecule has 1 aliphatic rings. The molecule has 0 bridgehead atoms. The first-order valence-corrected chi connectivity index (χ1v) is 7.59. The number of hydrogen-bond acceptors (Lipinski definition) is 3. The van der Waals surface area contributed by atoms with Crippen LogP contribution in [0.5, 0.6) is 5.75 Å². The van der Waals surface area contributed by atoms with Gasteiger partial charge in [-0.05, 0) is 43.5 Å². The van der Waals surface area contributed by atoms with Gasteiger partial charge in [-0.1, -0.05) is 31.4 Å². The van der Waals surface area contributed by atoms with E-state index in [0.29, 0.717) is 6.04 Å². The van der Waals surface area contributed by atoms with Crippen molar-refractivity contribution in [2.45, 2.75) is 44.6 Å². The molecule has 1 N–H and O–H groups in total. The highest BCUT2D eigenvalue weighted by atomic mass is 16.5. The first kappa shape index (κ1) is 14.9. The van der Waals surface area contributed by atoms with Crippen LogP contribution < -0.4 is 10.1 Å². The lowest BCUT2D eigenvalue weighted by Crippen LogP contribution is -2.36. The zero-order valence-corrected chi connectivity index (χ0v) is 12.3. The molecule has 1 fully saturated rings. The number of ether oxygens (including phenoxy) is 1. The normalized spacial score (nSPS) is 22.8. The first-order valence-electron chi connectivity index (χ1n) is 7.59. The van der Waals surface area contributed by atoms with Gasteiger partial charge in [-0.15, -0.1) is 0 Å². The molecule has 0 aliphatic heterocycles. The third-order valence-electron chi connectivity index (χ3n) is 4.14. The fourth-order valence-electron chi connectivity index (χ4n) is 2.94. The minimum Gasteiger partial charge on any atom is -0.497 e. The highest BCUT2D eigenvalue weighted by molar-refractivity contribution is 5.28. The summed E-state index contributed by atoms with van der Waals surface area (Å²) in [5, 5.41) is 12.8. The molecule has 2 rings (SSSR count). The Bertz CT molecular complexity index is 453. The lowest BCUT2D eigenvalue weighted by Gasteiger charge is -2.20. The molecule has 2 atom stereocenters. The Hall–Kier alpha value is -1.53. The fraction of sp³-hybridized carbons (Fsp3) is 0.588. The Morgan fingerprint density at radius 3 is 2.95 bits per heavy atom. The van der Waals surface area contributed by atoms with Crippen molar-refractivity contribution in [2.75, 3.05) is 13.7 Å². The van der Waals surface area contributed by atoms with E-state index < -0.39 is 0 Å². The predicted octanol–water partition coefficient (Wildman–Crippen LogP) is 3.30. The van der Waals surface area contributed by atoms with Crippen LogP contribution in [0.25, 0.3) is 0 Å². The van der Waals surface area contributed by atoms with Gasteiger partial charge < -0.3 is 10.1 Å². The summed E-state index contributed by atoms with van der Waals surface area (Å²) in [4.78, 5) is 0. The molecule has 1 aliphatic carbocycles. The molecule has 0 spiro atoms. The highest BCUT2D eigenvalue weighted by Crippen LogP contribution is 2.23. The van der Waals surface area contributed by atoms with Gasteiger partial charge in [0.05, 0.1) is 19.1 Å². The average Bonchev–Trinajstić information content (AvgIpc) is 2.72. The third kappa shape index (κ3) is 4.25. The van der Waals surface area contributed by atoms with E-state index in [0.717, 1.165) is 31.6 Å². The Kier molecular flexibility index (Phi) is 5.88. The van der Waals surface area contributed by atoms with Gasteiger partial charge in [-0.3, -0.25) is 0 Å². The molecule has 0 aromatic heterocycles. The van der Waals surface area contributed by atoms with E-state index >= 15 is 0 Å². The maximum Gasteiger partial charge on any atom is 0.119 e. The quantitative estimate of drug-likeness (QED) is 0.836. The van der Waals surface area contributed by atoms with E-state index in [4.69, 9.17) is 4.74 Å². The smallest absolute Gasteiger partial charge is 0.119 e. The second-order valence-corrected chi connectivity index (χ2v) is 5.54. The van der Waals surface area contributed by atoms with Crippen LogP contribution in [0.1, 0.15) is 37.7 Å². The summed E-state index contributed by atoms with van der Waals surface area (Å²) < 4.78 is 5.24. The predicted molar refractivity (Wildman–Crippen MR) is 80.7 cm³/mol. The lowest BCUT2D eigenvalue weighted by molar-refractivity contribution is 0.397. The molecule has 0 amide bonds. The van der Waals surface area contributed by atoms with Gasteiger partial charge >= 0.3 is 0 Å². The number of nitrogens with one attached hydrogen (secondary N) is 1. The van der Waals surface area contributed by atoms with Crippen molar-refractivity contribution >= 4 is 0 Å². The monoisotopic (exact) mass is 272 g/mol. The van der Waals surface area contributed by atoms with Crippen LogP contribution in [0.15, 0.2) is 24.3 Å². The molecule has 2 unspecified atom stereocenters. The van der Waals surface area contributed by atoms with Crippen molar-refractivity contribution in [3.05, 3.63) is 29.8 Å². The summed E-state index contributed by atoms with van der Waals surface area (Å²) in [6.45, 7) is 0.927. The van der Waals surface area contributed by atoms with Crippen LogP contribution >= 0.6 is 0 Å². The second-order valence-electron chi connectivity index (χ2n) is 5.54. The van der Waals surface area contributed by atoms with Gasteiger partial charge in [0.25, 0.3) is 0 Å². The van der Waals surface area contributed by atoms with E-state index in [1.54, 1.807) is 7.11 Å². The van der Waals surface area contributed by atoms with Crippen molar-refractivity contribution in [3.63, 3.8) is 0 Å². The van der Waals surface area contributed by atoms with Gasteiger partial charge in [-0.2, -0.15) is 5.26 Å². The number of hydrogen-bond donors (Lipinski definition) is 1. The first-order chi connectivity index (χ1) is 9.83. The lowest BCUT2D eigenvalue weighted by atomic mass is 9.96. The number of benzene rings is 1. The molecule has 20 heavy (non-hydrogen) atoms. The van der Waals surface area contributed by atoms with Gasteiger partial charge in [0.2, 0.25) is 0 Å². The van der Waals surface area contributed by atoms with Gasteiger partial charge in [-0.25, -0.2) is 0 Å². The van der Waals surface area contributed by atoms with Crippen molar-refractivity contribution in [2.24, 2.45) is 5.92 Å². The molecule has 0 saturated heterocycles. The molecule has 3 nitrogen and oxygen atoms in total. The number of nitrogens with zero attached hydrogens (tertiary/aromatic N) is 1. The van der Waals surface area contributed by atoms with Crippen molar-refractivity contribution < 1.29 is 4.74 Å². The Labute approximate surface area is 121 Å². The minimum atomic E-state index is 0.183. The number of rotatable bonds is 5. The molecule has 0 radical (unpaired) electrons. The van der Waals surface area contributed by atoms with E-state index in [-0.39, 0.29) is 5.92 Å². The maximum absolute atomic E-state index is 9.26. The molecule has 1 aromatic carbocycles. The van der Waals surface area contributed by atoms with Gasteiger partial charge in [0, 0.05) is 6.04 Å². The van der Waals surface area contributed by atoms with Gasteiger partial charge in [0.15, 0.2) is 0 Å². The summed E-state index contributed by atoms with van der Waals surface area (Å²) in [5.41, 5.74) is 1.28. The van der Waals surface area contributed by atoms with Crippen LogP contribution in [0.2, 0.25) is 0 Å².